The summed E-state index contributed by atoms with van der Waals surface area (Å²) in [6.07, 6.45) is 3.60. The first-order chi connectivity index (χ1) is 17.1. The summed E-state index contributed by atoms with van der Waals surface area (Å²) in [4.78, 5) is 22.5. The normalized spacial score (nSPS) is 17.1. The molecule has 7 nitrogen and oxygen atoms in total. The Kier molecular flexibility index (Phi) is 8.14. The maximum absolute atomic E-state index is 13.7. The Morgan fingerprint density at radius 1 is 1.08 bits per heavy atom. The van der Waals surface area contributed by atoms with Gasteiger partial charge in [-0.1, -0.05) is 17.8 Å². The molecule has 1 aromatic heterocycles. The topological polar surface area (TPSA) is 73.8 Å². The van der Waals surface area contributed by atoms with Gasteiger partial charge in [-0.3, -0.25) is 9.69 Å². The van der Waals surface area contributed by atoms with Crippen molar-refractivity contribution >= 4 is 42.6 Å². The minimum absolute atomic E-state index is 0.0106. The van der Waals surface area contributed by atoms with Gasteiger partial charge in [-0.2, -0.15) is 4.31 Å². The highest BCUT2D eigenvalue weighted by Crippen LogP contribution is 2.32. The number of carbonyl (C=O) groups is 1. The lowest BCUT2D eigenvalue weighted by molar-refractivity contribution is 0.0986. The third kappa shape index (κ3) is 5.64. The van der Waals surface area contributed by atoms with Crippen LogP contribution < -0.4 is 4.90 Å². The molecule has 1 saturated heterocycles. The second-order valence-electron chi connectivity index (χ2n) is 10.00. The SMILES string of the molecule is Cc1cc2nc(N(CCCN(C)C)C(=O)c3ccc(S(=O)(=O)N4CCCCC4C)cc3)sc2cc1C. The molecule has 36 heavy (non-hydrogen) atoms. The predicted molar refractivity (Wildman–Crippen MR) is 148 cm³/mol. The van der Waals surface area contributed by atoms with Crippen molar-refractivity contribution in [2.45, 2.75) is 57.4 Å². The Bertz CT molecular complexity index is 1290. The van der Waals surface area contributed by atoms with Gasteiger partial charge in [0.1, 0.15) is 0 Å². The van der Waals surface area contributed by atoms with Crippen molar-refractivity contribution in [1.82, 2.24) is 14.2 Å². The summed E-state index contributed by atoms with van der Waals surface area (Å²) in [5.74, 6) is -0.170. The van der Waals surface area contributed by atoms with Crippen molar-refractivity contribution in [2.24, 2.45) is 0 Å². The van der Waals surface area contributed by atoms with E-state index in [4.69, 9.17) is 4.98 Å². The van der Waals surface area contributed by atoms with E-state index in [1.54, 1.807) is 33.5 Å². The van der Waals surface area contributed by atoms with E-state index in [2.05, 4.69) is 30.9 Å². The highest BCUT2D eigenvalue weighted by Gasteiger charge is 2.31. The third-order valence-corrected chi connectivity index (χ3v) is 9.97. The van der Waals surface area contributed by atoms with Gasteiger partial charge in [0.05, 0.1) is 15.1 Å². The predicted octanol–water partition coefficient (Wildman–Crippen LogP) is 5.07. The highest BCUT2D eigenvalue weighted by atomic mass is 32.2. The number of fused-ring (bicyclic) bond motifs is 1. The molecule has 1 unspecified atom stereocenters. The number of sulfonamides is 1. The minimum Gasteiger partial charge on any atom is -0.309 e. The van der Waals surface area contributed by atoms with Crippen LogP contribution in [0.3, 0.4) is 0 Å². The largest absolute Gasteiger partial charge is 0.309 e. The number of aryl methyl sites for hydroxylation is 2. The third-order valence-electron chi connectivity index (χ3n) is 6.91. The number of hydrogen-bond donors (Lipinski definition) is 0. The molecule has 2 heterocycles. The molecule has 0 aliphatic carbocycles. The molecule has 4 rings (SSSR count). The number of aromatic nitrogens is 1. The van der Waals surface area contributed by atoms with Gasteiger partial charge in [-0.05, 0) is 108 Å². The number of carbonyl (C=O) groups excluding carboxylic acids is 1. The lowest BCUT2D eigenvalue weighted by Gasteiger charge is -2.32. The summed E-state index contributed by atoms with van der Waals surface area (Å²) in [6, 6.07) is 10.6. The number of nitrogens with zero attached hydrogens (tertiary/aromatic N) is 4. The molecule has 1 fully saturated rings. The van der Waals surface area contributed by atoms with Gasteiger partial charge < -0.3 is 4.90 Å². The summed E-state index contributed by atoms with van der Waals surface area (Å²) in [7, 11) is 0.441. The van der Waals surface area contributed by atoms with Gasteiger partial charge >= 0.3 is 0 Å². The fraction of sp³-hybridized carbons (Fsp3) is 0.481. The molecular weight excluding hydrogens is 492 g/mol. The zero-order chi connectivity index (χ0) is 26.0. The molecule has 1 atom stereocenters. The smallest absolute Gasteiger partial charge is 0.260 e. The van der Waals surface area contributed by atoms with Gasteiger partial charge in [0, 0.05) is 24.7 Å². The van der Waals surface area contributed by atoms with Crippen LogP contribution >= 0.6 is 11.3 Å². The molecule has 1 aliphatic rings. The average Bonchev–Trinajstić information content (AvgIpc) is 3.24. The molecule has 0 saturated carbocycles. The number of benzene rings is 2. The lowest BCUT2D eigenvalue weighted by atomic mass is 10.1. The highest BCUT2D eigenvalue weighted by molar-refractivity contribution is 7.89. The van der Waals surface area contributed by atoms with Gasteiger partial charge in [0.2, 0.25) is 10.0 Å². The van der Waals surface area contributed by atoms with Crippen molar-refractivity contribution in [1.29, 1.82) is 0 Å². The molecule has 3 aromatic rings. The van der Waals surface area contributed by atoms with Crippen LogP contribution in [0.1, 0.15) is 54.1 Å². The Balaban J connectivity index is 1.62. The van der Waals surface area contributed by atoms with E-state index in [-0.39, 0.29) is 16.8 Å². The Labute approximate surface area is 218 Å². The zero-order valence-electron chi connectivity index (χ0n) is 21.8. The number of amides is 1. The first-order valence-corrected chi connectivity index (χ1v) is 14.8. The number of piperidine rings is 1. The maximum atomic E-state index is 13.7. The van der Waals surface area contributed by atoms with Crippen LogP contribution in [0.15, 0.2) is 41.3 Å². The quantitative estimate of drug-likeness (QED) is 0.408. The first-order valence-electron chi connectivity index (χ1n) is 12.5. The van der Waals surface area contributed by atoms with Crippen molar-refractivity contribution in [3.05, 3.63) is 53.1 Å². The fourth-order valence-corrected chi connectivity index (χ4v) is 7.37. The second-order valence-corrected chi connectivity index (χ2v) is 12.9. The molecular formula is C27H36N4O3S2. The second kappa shape index (κ2) is 11.0. The van der Waals surface area contributed by atoms with Crippen molar-refractivity contribution in [2.75, 3.05) is 38.6 Å². The van der Waals surface area contributed by atoms with Gasteiger partial charge in [-0.15, -0.1) is 0 Å². The molecule has 0 bridgehead atoms. The van der Waals surface area contributed by atoms with Crippen molar-refractivity contribution < 1.29 is 13.2 Å². The van der Waals surface area contributed by atoms with E-state index in [1.165, 1.54) is 22.5 Å². The standard InChI is InChI=1S/C27H36N4O3S2/c1-19-17-24-25(18-20(19)2)35-27(28-24)30(15-8-14-29(4)5)26(32)22-10-12-23(13-11-22)36(33,34)31-16-7-6-9-21(31)3/h10-13,17-18,21H,6-9,14-16H2,1-5H3. The van der Waals surface area contributed by atoms with Crippen LogP contribution in [0.2, 0.25) is 0 Å². The van der Waals surface area contributed by atoms with Crippen molar-refractivity contribution in [3.63, 3.8) is 0 Å². The molecule has 0 spiro atoms. The van der Waals surface area contributed by atoms with Crippen LogP contribution in [-0.2, 0) is 10.0 Å². The van der Waals surface area contributed by atoms with E-state index in [0.29, 0.717) is 23.8 Å². The first kappa shape index (κ1) is 26.7. The minimum atomic E-state index is -3.58. The van der Waals surface area contributed by atoms with E-state index >= 15 is 0 Å². The Morgan fingerprint density at radius 3 is 2.44 bits per heavy atom. The fourth-order valence-electron chi connectivity index (χ4n) is 4.60. The van der Waals surface area contributed by atoms with Crippen LogP contribution in [0.5, 0.6) is 0 Å². The maximum Gasteiger partial charge on any atom is 0.260 e. The van der Waals surface area contributed by atoms with E-state index in [0.717, 1.165) is 42.4 Å². The monoisotopic (exact) mass is 528 g/mol. The summed E-state index contributed by atoms with van der Waals surface area (Å²) in [5, 5.41) is 0.664. The van der Waals surface area contributed by atoms with Crippen molar-refractivity contribution in [3.8, 4) is 0 Å². The van der Waals surface area contributed by atoms with Crippen LogP contribution in [0.25, 0.3) is 10.2 Å². The van der Waals surface area contributed by atoms with Gasteiger partial charge in [0.25, 0.3) is 5.91 Å². The van der Waals surface area contributed by atoms with Crippen LogP contribution in [0.4, 0.5) is 5.13 Å². The number of anilines is 1. The molecule has 9 heteroatoms. The molecule has 1 amide bonds. The van der Waals surface area contributed by atoms with Crippen LogP contribution in [-0.4, -0.2) is 68.3 Å². The average molecular weight is 529 g/mol. The Hall–Kier alpha value is -2.33. The van der Waals surface area contributed by atoms with E-state index < -0.39 is 10.0 Å². The van der Waals surface area contributed by atoms with Crippen LogP contribution in [0, 0.1) is 13.8 Å². The summed E-state index contributed by atoms with van der Waals surface area (Å²) < 4.78 is 29.1. The summed E-state index contributed by atoms with van der Waals surface area (Å²) >= 11 is 1.51. The number of hydrogen-bond acceptors (Lipinski definition) is 6. The molecule has 0 radical (unpaired) electrons. The molecule has 194 valence electrons. The molecule has 1 aliphatic heterocycles. The lowest BCUT2D eigenvalue weighted by Crippen LogP contribution is -2.41. The van der Waals surface area contributed by atoms with E-state index in [9.17, 15) is 13.2 Å². The van der Waals surface area contributed by atoms with Gasteiger partial charge in [0.15, 0.2) is 5.13 Å². The molecule has 2 aromatic carbocycles. The number of rotatable bonds is 8. The van der Waals surface area contributed by atoms with E-state index in [1.807, 2.05) is 21.0 Å². The molecule has 0 N–H and O–H groups in total. The zero-order valence-corrected chi connectivity index (χ0v) is 23.5. The Morgan fingerprint density at radius 2 is 1.78 bits per heavy atom. The van der Waals surface area contributed by atoms with Gasteiger partial charge in [-0.25, -0.2) is 13.4 Å². The number of thiazole rings is 1. The summed E-state index contributed by atoms with van der Waals surface area (Å²) in [5.41, 5.74) is 3.71. The summed E-state index contributed by atoms with van der Waals surface area (Å²) in [6.45, 7) is 8.02.